The molecule has 102 valence electrons. The molecule has 4 nitrogen and oxygen atoms in total. The molecule has 2 atom stereocenters. The first-order valence-corrected chi connectivity index (χ1v) is 7.10. The largest absolute Gasteiger partial charge is 0.383 e. The van der Waals surface area contributed by atoms with Gasteiger partial charge in [0.2, 0.25) is 0 Å². The molecule has 1 aliphatic heterocycles. The lowest BCUT2D eigenvalue weighted by atomic mass is 10.0. The minimum Gasteiger partial charge on any atom is -0.383 e. The van der Waals surface area contributed by atoms with Crippen LogP contribution in [0.25, 0.3) is 0 Å². The molecule has 2 heterocycles. The Morgan fingerprint density at radius 3 is 3.11 bits per heavy atom. The molecule has 0 bridgehead atoms. The summed E-state index contributed by atoms with van der Waals surface area (Å²) in [5.41, 5.74) is 1.32. The van der Waals surface area contributed by atoms with E-state index in [2.05, 4.69) is 21.8 Å². The van der Waals surface area contributed by atoms with Crippen molar-refractivity contribution in [2.75, 3.05) is 20.3 Å². The van der Waals surface area contributed by atoms with Gasteiger partial charge in [0.25, 0.3) is 0 Å². The molecule has 2 rings (SSSR count). The molecule has 1 saturated heterocycles. The molecule has 0 aromatic carbocycles. The van der Waals surface area contributed by atoms with Gasteiger partial charge in [-0.3, -0.25) is 0 Å². The number of ether oxygens (including phenoxy) is 1. The number of nitrogens with zero attached hydrogens (tertiary/aromatic N) is 2. The van der Waals surface area contributed by atoms with Crippen molar-refractivity contribution in [1.82, 2.24) is 14.9 Å². The third-order valence-electron chi connectivity index (χ3n) is 3.74. The van der Waals surface area contributed by atoms with Gasteiger partial charge >= 0.3 is 0 Å². The number of methoxy groups -OCH3 is 1. The summed E-state index contributed by atoms with van der Waals surface area (Å²) in [6.07, 6.45) is 10.1. The van der Waals surface area contributed by atoms with Gasteiger partial charge in [-0.1, -0.05) is 19.8 Å². The lowest BCUT2D eigenvalue weighted by Gasteiger charge is -2.27. The predicted molar refractivity (Wildman–Crippen MR) is 72.6 cm³/mol. The zero-order valence-corrected chi connectivity index (χ0v) is 11.6. The molecule has 18 heavy (non-hydrogen) atoms. The van der Waals surface area contributed by atoms with Crippen LogP contribution in [-0.2, 0) is 4.74 Å². The highest BCUT2D eigenvalue weighted by molar-refractivity contribution is 5.08. The minimum atomic E-state index is 0.418. The van der Waals surface area contributed by atoms with E-state index in [0.717, 1.165) is 19.6 Å². The molecule has 1 aliphatic rings. The van der Waals surface area contributed by atoms with Crippen LogP contribution in [0.1, 0.15) is 56.8 Å². The van der Waals surface area contributed by atoms with Crippen LogP contribution in [0, 0.1) is 0 Å². The Kier molecular flexibility index (Phi) is 5.20. The maximum absolute atomic E-state index is 5.35. The Balaban J connectivity index is 2.13. The van der Waals surface area contributed by atoms with Crippen molar-refractivity contribution in [2.24, 2.45) is 0 Å². The van der Waals surface area contributed by atoms with Gasteiger partial charge in [-0.15, -0.1) is 0 Å². The normalized spacial score (nSPS) is 22.0. The lowest BCUT2D eigenvalue weighted by molar-refractivity contribution is 0.147. The fourth-order valence-corrected chi connectivity index (χ4v) is 2.82. The lowest BCUT2D eigenvalue weighted by Crippen LogP contribution is -2.30. The molecule has 1 fully saturated rings. The summed E-state index contributed by atoms with van der Waals surface area (Å²) in [5, 5.41) is 3.60. The molecule has 0 amide bonds. The summed E-state index contributed by atoms with van der Waals surface area (Å²) in [6.45, 7) is 4.11. The molecule has 0 radical (unpaired) electrons. The maximum atomic E-state index is 5.35. The van der Waals surface area contributed by atoms with Gasteiger partial charge in [0, 0.05) is 19.3 Å². The van der Waals surface area contributed by atoms with E-state index in [4.69, 9.17) is 4.74 Å². The van der Waals surface area contributed by atoms with Crippen molar-refractivity contribution >= 4 is 0 Å². The first-order valence-electron chi connectivity index (χ1n) is 7.10. The van der Waals surface area contributed by atoms with Crippen molar-refractivity contribution in [3.8, 4) is 0 Å². The highest BCUT2D eigenvalue weighted by Gasteiger charge is 2.21. The third-order valence-corrected chi connectivity index (χ3v) is 3.74. The number of imidazole rings is 1. The average Bonchev–Trinajstić information content (AvgIpc) is 2.88. The van der Waals surface area contributed by atoms with E-state index in [1.54, 1.807) is 7.11 Å². The van der Waals surface area contributed by atoms with Gasteiger partial charge in [0.05, 0.1) is 24.7 Å². The highest BCUT2D eigenvalue weighted by Crippen LogP contribution is 2.26. The second-order valence-electron chi connectivity index (χ2n) is 5.13. The molecular formula is C14H25N3O. The van der Waals surface area contributed by atoms with Gasteiger partial charge in [0.1, 0.15) is 0 Å². The van der Waals surface area contributed by atoms with Crippen LogP contribution in [0.4, 0.5) is 0 Å². The number of aromatic nitrogens is 2. The van der Waals surface area contributed by atoms with Crippen LogP contribution >= 0.6 is 0 Å². The van der Waals surface area contributed by atoms with Gasteiger partial charge in [-0.05, 0) is 25.8 Å². The summed E-state index contributed by atoms with van der Waals surface area (Å²) >= 11 is 0. The molecule has 1 aromatic heterocycles. The number of rotatable bonds is 6. The van der Waals surface area contributed by atoms with Crippen LogP contribution in [0.3, 0.4) is 0 Å². The number of hydrogen-bond donors (Lipinski definition) is 1. The minimum absolute atomic E-state index is 0.418. The molecule has 0 aliphatic carbocycles. The summed E-state index contributed by atoms with van der Waals surface area (Å²) in [7, 11) is 1.78. The average molecular weight is 251 g/mol. The molecule has 1 N–H and O–H groups in total. The Morgan fingerprint density at radius 1 is 1.56 bits per heavy atom. The SMILES string of the molecule is CCCC(COC)n1cncc1C1CCCCN1. The smallest absolute Gasteiger partial charge is 0.0952 e. The van der Waals surface area contributed by atoms with Crippen molar-refractivity contribution in [3.63, 3.8) is 0 Å². The van der Waals surface area contributed by atoms with Crippen molar-refractivity contribution in [1.29, 1.82) is 0 Å². The second kappa shape index (κ2) is 6.90. The summed E-state index contributed by atoms with van der Waals surface area (Å²) in [4.78, 5) is 4.35. The van der Waals surface area contributed by atoms with Crippen LogP contribution < -0.4 is 5.32 Å². The van der Waals surface area contributed by atoms with E-state index in [0.29, 0.717) is 12.1 Å². The topological polar surface area (TPSA) is 39.1 Å². The van der Waals surface area contributed by atoms with E-state index >= 15 is 0 Å². The fourth-order valence-electron chi connectivity index (χ4n) is 2.82. The van der Waals surface area contributed by atoms with E-state index in [-0.39, 0.29) is 0 Å². The van der Waals surface area contributed by atoms with E-state index in [1.807, 2.05) is 12.5 Å². The zero-order chi connectivity index (χ0) is 12.8. The van der Waals surface area contributed by atoms with Crippen LogP contribution in [0.2, 0.25) is 0 Å². The quantitative estimate of drug-likeness (QED) is 0.845. The molecule has 1 aromatic rings. The highest BCUT2D eigenvalue weighted by atomic mass is 16.5. The van der Waals surface area contributed by atoms with Gasteiger partial charge in [0.15, 0.2) is 0 Å². The van der Waals surface area contributed by atoms with E-state index in [9.17, 15) is 0 Å². The molecule has 0 spiro atoms. The Bertz CT molecular complexity index is 339. The zero-order valence-electron chi connectivity index (χ0n) is 11.6. The van der Waals surface area contributed by atoms with Crippen LogP contribution in [0.5, 0.6) is 0 Å². The van der Waals surface area contributed by atoms with Gasteiger partial charge in [-0.2, -0.15) is 0 Å². The standard InChI is InChI=1S/C14H25N3O/c1-3-6-12(10-18-2)17-11-15-9-14(17)13-7-4-5-8-16-13/h9,11-13,16H,3-8,10H2,1-2H3. The van der Waals surface area contributed by atoms with Crippen molar-refractivity contribution < 1.29 is 4.74 Å². The second-order valence-corrected chi connectivity index (χ2v) is 5.13. The Labute approximate surface area is 110 Å². The summed E-state index contributed by atoms with van der Waals surface area (Å²) in [6, 6.07) is 0.888. The first-order chi connectivity index (χ1) is 8.86. The third kappa shape index (κ3) is 3.12. The van der Waals surface area contributed by atoms with Crippen LogP contribution in [0.15, 0.2) is 12.5 Å². The molecule has 2 unspecified atom stereocenters. The van der Waals surface area contributed by atoms with Crippen molar-refractivity contribution in [2.45, 2.75) is 51.1 Å². The van der Waals surface area contributed by atoms with Gasteiger partial charge < -0.3 is 14.6 Å². The number of hydrogen-bond acceptors (Lipinski definition) is 3. The molecule has 0 saturated carbocycles. The Morgan fingerprint density at radius 2 is 2.44 bits per heavy atom. The summed E-state index contributed by atoms with van der Waals surface area (Å²) < 4.78 is 7.67. The summed E-state index contributed by atoms with van der Waals surface area (Å²) in [5.74, 6) is 0. The van der Waals surface area contributed by atoms with E-state index in [1.165, 1.54) is 31.4 Å². The van der Waals surface area contributed by atoms with E-state index < -0.39 is 0 Å². The first kappa shape index (κ1) is 13.6. The van der Waals surface area contributed by atoms with Crippen molar-refractivity contribution in [3.05, 3.63) is 18.2 Å². The number of piperidine rings is 1. The molecule has 4 heteroatoms. The predicted octanol–water partition coefficient (Wildman–Crippen LogP) is 2.69. The fraction of sp³-hybridized carbons (Fsp3) is 0.786. The van der Waals surface area contributed by atoms with Gasteiger partial charge in [-0.25, -0.2) is 4.98 Å². The number of nitrogens with one attached hydrogen (secondary N) is 1. The van der Waals surface area contributed by atoms with Crippen LogP contribution in [-0.4, -0.2) is 29.8 Å². The maximum Gasteiger partial charge on any atom is 0.0952 e. The Hall–Kier alpha value is -0.870. The molecular weight excluding hydrogens is 226 g/mol. The monoisotopic (exact) mass is 251 g/mol.